The maximum Gasteiger partial charge on any atom is 0.124 e. The molecule has 0 aliphatic carbocycles. The molecule has 3 heteroatoms. The van der Waals surface area contributed by atoms with Gasteiger partial charge in [-0.15, -0.1) is 0 Å². The molecule has 0 amide bonds. The zero-order chi connectivity index (χ0) is 13.3. The maximum atomic E-state index is 5.94. The minimum atomic E-state index is 0.606. The van der Waals surface area contributed by atoms with E-state index in [2.05, 4.69) is 43.2 Å². The molecular weight excluding hydrogens is 222 g/mol. The average molecular weight is 243 g/mol. The number of nitrogens with zero attached hydrogens (tertiary/aromatic N) is 2. The van der Waals surface area contributed by atoms with E-state index in [1.165, 1.54) is 5.56 Å². The standard InChI is InChI=1S/C15H21N3/c1-5-10(2)12-6-8-13(9-7-12)14-11(3)15(16)18(4)17-14/h6-10H,5,16H2,1-4H3. The number of hydrogen-bond donors (Lipinski definition) is 1. The van der Waals surface area contributed by atoms with Crippen LogP contribution in [0, 0.1) is 6.92 Å². The predicted molar refractivity (Wildman–Crippen MR) is 76.5 cm³/mol. The summed E-state index contributed by atoms with van der Waals surface area (Å²) in [6, 6.07) is 8.65. The second-order valence-corrected chi connectivity index (χ2v) is 4.91. The quantitative estimate of drug-likeness (QED) is 0.896. The van der Waals surface area contributed by atoms with Gasteiger partial charge in [0.2, 0.25) is 0 Å². The molecule has 2 aromatic rings. The van der Waals surface area contributed by atoms with Crippen molar-refractivity contribution in [2.75, 3.05) is 5.73 Å². The summed E-state index contributed by atoms with van der Waals surface area (Å²) in [5.41, 5.74) is 10.5. The lowest BCUT2D eigenvalue weighted by atomic mass is 9.96. The van der Waals surface area contributed by atoms with E-state index in [-0.39, 0.29) is 0 Å². The number of hydrogen-bond acceptors (Lipinski definition) is 2. The van der Waals surface area contributed by atoms with Crippen LogP contribution in [-0.4, -0.2) is 9.78 Å². The Morgan fingerprint density at radius 2 is 1.89 bits per heavy atom. The molecule has 2 N–H and O–H groups in total. The average Bonchev–Trinajstić information content (AvgIpc) is 2.66. The largest absolute Gasteiger partial charge is 0.384 e. The Morgan fingerprint density at radius 1 is 1.28 bits per heavy atom. The molecule has 0 aliphatic rings. The predicted octanol–water partition coefficient (Wildman–Crippen LogP) is 3.49. The van der Waals surface area contributed by atoms with Gasteiger partial charge in [0.1, 0.15) is 5.82 Å². The number of rotatable bonds is 3. The van der Waals surface area contributed by atoms with E-state index >= 15 is 0 Å². The SMILES string of the molecule is CCC(C)c1ccc(-c2nn(C)c(N)c2C)cc1. The molecule has 0 saturated heterocycles. The molecule has 1 atom stereocenters. The van der Waals surface area contributed by atoms with E-state index < -0.39 is 0 Å². The van der Waals surface area contributed by atoms with Crippen LogP contribution in [0.4, 0.5) is 5.82 Å². The van der Waals surface area contributed by atoms with Gasteiger partial charge in [0, 0.05) is 18.2 Å². The van der Waals surface area contributed by atoms with Gasteiger partial charge in [0.25, 0.3) is 0 Å². The van der Waals surface area contributed by atoms with Crippen LogP contribution in [0.25, 0.3) is 11.3 Å². The smallest absolute Gasteiger partial charge is 0.124 e. The van der Waals surface area contributed by atoms with Crippen LogP contribution in [0.2, 0.25) is 0 Å². The monoisotopic (exact) mass is 243 g/mol. The molecule has 0 spiro atoms. The number of benzene rings is 1. The summed E-state index contributed by atoms with van der Waals surface area (Å²) in [6.07, 6.45) is 1.16. The highest BCUT2D eigenvalue weighted by atomic mass is 15.3. The van der Waals surface area contributed by atoms with Gasteiger partial charge in [-0.05, 0) is 24.8 Å². The third kappa shape index (κ3) is 2.13. The summed E-state index contributed by atoms with van der Waals surface area (Å²) >= 11 is 0. The Morgan fingerprint density at radius 3 is 2.33 bits per heavy atom. The highest BCUT2D eigenvalue weighted by Gasteiger charge is 2.11. The van der Waals surface area contributed by atoms with Crippen molar-refractivity contribution < 1.29 is 0 Å². The third-order valence-electron chi connectivity index (χ3n) is 3.70. The van der Waals surface area contributed by atoms with E-state index in [0.29, 0.717) is 5.92 Å². The second-order valence-electron chi connectivity index (χ2n) is 4.91. The molecule has 2 rings (SSSR count). The van der Waals surface area contributed by atoms with Crippen LogP contribution in [0.3, 0.4) is 0 Å². The summed E-state index contributed by atoms with van der Waals surface area (Å²) < 4.78 is 1.73. The topological polar surface area (TPSA) is 43.8 Å². The van der Waals surface area contributed by atoms with Gasteiger partial charge in [0.05, 0.1) is 5.69 Å². The fourth-order valence-electron chi connectivity index (χ4n) is 2.12. The lowest BCUT2D eigenvalue weighted by Crippen LogP contribution is -1.97. The van der Waals surface area contributed by atoms with Crippen molar-refractivity contribution in [2.45, 2.75) is 33.1 Å². The van der Waals surface area contributed by atoms with Crippen molar-refractivity contribution in [3.8, 4) is 11.3 Å². The first-order valence-corrected chi connectivity index (χ1v) is 6.44. The van der Waals surface area contributed by atoms with Crippen LogP contribution in [0.5, 0.6) is 0 Å². The van der Waals surface area contributed by atoms with Gasteiger partial charge >= 0.3 is 0 Å². The van der Waals surface area contributed by atoms with Crippen molar-refractivity contribution in [1.82, 2.24) is 9.78 Å². The Bertz CT molecular complexity index is 538. The molecule has 0 bridgehead atoms. The fraction of sp³-hybridized carbons (Fsp3) is 0.400. The Labute approximate surface area is 109 Å². The second kappa shape index (κ2) is 4.84. The van der Waals surface area contributed by atoms with Crippen LogP contribution < -0.4 is 5.73 Å². The molecule has 18 heavy (non-hydrogen) atoms. The molecule has 96 valence electrons. The summed E-state index contributed by atoms with van der Waals surface area (Å²) in [7, 11) is 1.87. The Hall–Kier alpha value is -1.77. The van der Waals surface area contributed by atoms with Crippen molar-refractivity contribution in [2.24, 2.45) is 7.05 Å². The van der Waals surface area contributed by atoms with Gasteiger partial charge in [-0.3, -0.25) is 4.68 Å². The van der Waals surface area contributed by atoms with Crippen molar-refractivity contribution >= 4 is 5.82 Å². The molecule has 0 aliphatic heterocycles. The Balaban J connectivity index is 2.37. The normalized spacial score (nSPS) is 12.7. The fourth-order valence-corrected chi connectivity index (χ4v) is 2.12. The van der Waals surface area contributed by atoms with Gasteiger partial charge in [-0.1, -0.05) is 38.1 Å². The van der Waals surface area contributed by atoms with E-state index in [4.69, 9.17) is 5.73 Å². The highest BCUT2D eigenvalue weighted by molar-refractivity contribution is 5.68. The number of nitrogens with two attached hydrogens (primary N) is 1. The van der Waals surface area contributed by atoms with Crippen LogP contribution in [0.15, 0.2) is 24.3 Å². The maximum absolute atomic E-state index is 5.94. The molecule has 0 radical (unpaired) electrons. The van der Waals surface area contributed by atoms with Crippen molar-refractivity contribution in [1.29, 1.82) is 0 Å². The molecule has 1 heterocycles. The number of aromatic nitrogens is 2. The first-order valence-electron chi connectivity index (χ1n) is 6.44. The lowest BCUT2D eigenvalue weighted by Gasteiger charge is -2.09. The molecule has 1 aromatic heterocycles. The first-order chi connectivity index (χ1) is 8.54. The van der Waals surface area contributed by atoms with Crippen LogP contribution in [-0.2, 0) is 7.05 Å². The molecule has 1 unspecified atom stereocenters. The van der Waals surface area contributed by atoms with E-state index in [0.717, 1.165) is 29.1 Å². The highest BCUT2D eigenvalue weighted by Crippen LogP contribution is 2.27. The molecule has 0 saturated carbocycles. The van der Waals surface area contributed by atoms with Gasteiger partial charge in [0.15, 0.2) is 0 Å². The lowest BCUT2D eigenvalue weighted by molar-refractivity contribution is 0.733. The van der Waals surface area contributed by atoms with Crippen LogP contribution in [0.1, 0.15) is 37.3 Å². The molecule has 1 aromatic carbocycles. The van der Waals surface area contributed by atoms with Gasteiger partial charge < -0.3 is 5.73 Å². The van der Waals surface area contributed by atoms with Gasteiger partial charge in [-0.2, -0.15) is 5.10 Å². The number of aryl methyl sites for hydroxylation is 1. The van der Waals surface area contributed by atoms with E-state index in [1.807, 2.05) is 14.0 Å². The third-order valence-corrected chi connectivity index (χ3v) is 3.70. The van der Waals surface area contributed by atoms with Crippen LogP contribution >= 0.6 is 0 Å². The molecule has 3 nitrogen and oxygen atoms in total. The van der Waals surface area contributed by atoms with Gasteiger partial charge in [-0.25, -0.2) is 0 Å². The molecular formula is C15H21N3. The summed E-state index contributed by atoms with van der Waals surface area (Å²) in [5, 5.41) is 4.47. The molecule has 0 fully saturated rings. The van der Waals surface area contributed by atoms with E-state index in [1.54, 1.807) is 4.68 Å². The van der Waals surface area contributed by atoms with E-state index in [9.17, 15) is 0 Å². The summed E-state index contributed by atoms with van der Waals surface area (Å²) in [5.74, 6) is 1.34. The Kier molecular flexibility index (Phi) is 3.41. The number of nitrogen functional groups attached to an aromatic ring is 1. The minimum Gasteiger partial charge on any atom is -0.384 e. The van der Waals surface area contributed by atoms with Crippen molar-refractivity contribution in [3.63, 3.8) is 0 Å². The number of anilines is 1. The zero-order valence-electron chi connectivity index (χ0n) is 11.6. The zero-order valence-corrected chi connectivity index (χ0v) is 11.6. The summed E-state index contributed by atoms with van der Waals surface area (Å²) in [4.78, 5) is 0. The summed E-state index contributed by atoms with van der Waals surface area (Å²) in [6.45, 7) is 6.47. The van der Waals surface area contributed by atoms with Crippen molar-refractivity contribution in [3.05, 3.63) is 35.4 Å². The first kappa shape index (κ1) is 12.7. The minimum absolute atomic E-state index is 0.606.